The predicted molar refractivity (Wildman–Crippen MR) is 156 cm³/mol. The average Bonchev–Trinajstić information content (AvgIpc) is 2.88. The molecule has 0 radical (unpaired) electrons. The minimum absolute atomic E-state index is 0.0939. The van der Waals surface area contributed by atoms with Crippen LogP contribution in [0.1, 0.15) is 135 Å². The van der Waals surface area contributed by atoms with Crippen molar-refractivity contribution in [1.29, 1.82) is 0 Å². The van der Waals surface area contributed by atoms with Crippen molar-refractivity contribution in [3.05, 3.63) is 0 Å². The summed E-state index contributed by atoms with van der Waals surface area (Å²) in [6, 6.07) is -0.0939. The number of aliphatic carboxylic acids is 1. The lowest BCUT2D eigenvalue weighted by Crippen LogP contribution is -2.50. The Kier molecular flexibility index (Phi) is 20.9. The van der Waals surface area contributed by atoms with E-state index in [4.69, 9.17) is 0 Å². The van der Waals surface area contributed by atoms with Crippen molar-refractivity contribution < 1.29 is 14.7 Å². The van der Waals surface area contributed by atoms with Crippen molar-refractivity contribution >= 4 is 11.9 Å². The number of carboxylic acid groups (broad SMARTS) is 1. The number of hydrogen-bond donors (Lipinski definition) is 2. The summed E-state index contributed by atoms with van der Waals surface area (Å²) >= 11 is 0. The zero-order valence-corrected chi connectivity index (χ0v) is 24.8. The van der Waals surface area contributed by atoms with Crippen LogP contribution < -0.4 is 5.32 Å². The number of likely N-dealkylation sites (tertiary alicyclic amines) is 1. The molecule has 1 aliphatic heterocycles. The Balaban J connectivity index is 2.15. The first-order chi connectivity index (χ1) is 18.0. The first kappa shape index (κ1) is 33.9. The van der Waals surface area contributed by atoms with Gasteiger partial charge in [-0.15, -0.1) is 0 Å². The molecule has 2 unspecified atom stereocenters. The lowest BCUT2D eigenvalue weighted by Gasteiger charge is -2.35. The molecule has 0 aromatic rings. The summed E-state index contributed by atoms with van der Waals surface area (Å²) in [4.78, 5) is 29.0. The SMILES string of the molecule is CCCCCCCCCCCCCCCCC(CCN1CCCCC1C(=O)NCCCN(C)C)C(=O)O. The highest BCUT2D eigenvalue weighted by atomic mass is 16.4. The lowest BCUT2D eigenvalue weighted by molar-refractivity contribution is -0.142. The third-order valence-corrected chi connectivity index (χ3v) is 8.02. The van der Waals surface area contributed by atoms with Crippen LogP contribution in [-0.2, 0) is 9.59 Å². The van der Waals surface area contributed by atoms with Crippen molar-refractivity contribution in [3.63, 3.8) is 0 Å². The van der Waals surface area contributed by atoms with Gasteiger partial charge in [0.25, 0.3) is 0 Å². The maximum absolute atomic E-state index is 12.8. The van der Waals surface area contributed by atoms with Crippen LogP contribution in [-0.4, -0.2) is 73.1 Å². The monoisotopic (exact) mass is 523 g/mol. The number of amides is 1. The molecule has 218 valence electrons. The van der Waals surface area contributed by atoms with Crippen LogP contribution in [0.3, 0.4) is 0 Å². The fraction of sp³-hybridized carbons (Fsp3) is 0.935. The highest BCUT2D eigenvalue weighted by Gasteiger charge is 2.29. The minimum Gasteiger partial charge on any atom is -0.481 e. The molecule has 0 aromatic carbocycles. The summed E-state index contributed by atoms with van der Waals surface area (Å²) < 4.78 is 0. The molecule has 2 N–H and O–H groups in total. The summed E-state index contributed by atoms with van der Waals surface area (Å²) in [5.74, 6) is -0.836. The highest BCUT2D eigenvalue weighted by Crippen LogP contribution is 2.21. The van der Waals surface area contributed by atoms with Gasteiger partial charge in [0.1, 0.15) is 0 Å². The fourth-order valence-corrected chi connectivity index (χ4v) is 5.58. The molecular weight excluding hydrogens is 462 g/mol. The Morgan fingerprint density at radius 1 is 0.838 bits per heavy atom. The van der Waals surface area contributed by atoms with E-state index in [9.17, 15) is 14.7 Å². The van der Waals surface area contributed by atoms with Crippen LogP contribution >= 0.6 is 0 Å². The molecule has 0 aromatic heterocycles. The Hall–Kier alpha value is -1.14. The second-order valence-electron chi connectivity index (χ2n) is 11.7. The molecule has 0 spiro atoms. The van der Waals surface area contributed by atoms with Crippen molar-refractivity contribution in [2.45, 2.75) is 141 Å². The van der Waals surface area contributed by atoms with E-state index in [1.807, 2.05) is 14.1 Å². The van der Waals surface area contributed by atoms with E-state index >= 15 is 0 Å². The summed E-state index contributed by atoms with van der Waals surface area (Å²) in [7, 11) is 4.09. The predicted octanol–water partition coefficient (Wildman–Crippen LogP) is 6.87. The number of carbonyl (C=O) groups is 2. The molecule has 2 atom stereocenters. The van der Waals surface area contributed by atoms with Crippen LogP contribution in [0.5, 0.6) is 0 Å². The third-order valence-electron chi connectivity index (χ3n) is 8.02. The van der Waals surface area contributed by atoms with Crippen molar-refractivity contribution in [1.82, 2.24) is 15.1 Å². The average molecular weight is 524 g/mol. The highest BCUT2D eigenvalue weighted by molar-refractivity contribution is 5.81. The molecule has 6 heteroatoms. The fourth-order valence-electron chi connectivity index (χ4n) is 5.58. The van der Waals surface area contributed by atoms with Crippen molar-refractivity contribution in [2.24, 2.45) is 5.92 Å². The molecule has 1 amide bonds. The van der Waals surface area contributed by atoms with Gasteiger partial charge in [0.2, 0.25) is 5.91 Å². The van der Waals surface area contributed by atoms with E-state index in [0.717, 1.165) is 58.0 Å². The molecule has 37 heavy (non-hydrogen) atoms. The standard InChI is InChI=1S/C31H61N3O3/c1-4-5-6-7-8-9-10-11-12-13-14-15-16-17-21-28(31(36)37)23-27-34-26-19-18-22-29(34)30(35)32-24-20-25-33(2)3/h28-29H,4-27H2,1-3H3,(H,32,35)(H,36,37). The van der Waals surface area contributed by atoms with E-state index in [-0.39, 0.29) is 17.9 Å². The van der Waals surface area contributed by atoms with Gasteiger partial charge in [-0.3, -0.25) is 14.5 Å². The van der Waals surface area contributed by atoms with Crippen LogP contribution in [0.15, 0.2) is 0 Å². The van der Waals surface area contributed by atoms with Gasteiger partial charge in [0.15, 0.2) is 0 Å². The Morgan fingerprint density at radius 2 is 1.41 bits per heavy atom. The second-order valence-corrected chi connectivity index (χ2v) is 11.7. The van der Waals surface area contributed by atoms with Crippen LogP contribution in [0, 0.1) is 5.92 Å². The largest absolute Gasteiger partial charge is 0.481 e. The van der Waals surface area contributed by atoms with Gasteiger partial charge in [0.05, 0.1) is 12.0 Å². The summed E-state index contributed by atoms with van der Waals surface area (Å²) in [5.41, 5.74) is 0. The van der Waals surface area contributed by atoms with Crippen molar-refractivity contribution in [3.8, 4) is 0 Å². The number of rotatable bonds is 24. The van der Waals surface area contributed by atoms with Gasteiger partial charge in [-0.05, 0) is 65.8 Å². The van der Waals surface area contributed by atoms with Gasteiger partial charge >= 0.3 is 5.97 Å². The molecule has 1 aliphatic rings. The second kappa shape index (κ2) is 22.8. The Bertz CT molecular complexity index is 570. The number of nitrogens with one attached hydrogen (secondary N) is 1. The zero-order valence-electron chi connectivity index (χ0n) is 24.8. The van der Waals surface area contributed by atoms with Crippen LogP contribution in [0.25, 0.3) is 0 Å². The van der Waals surface area contributed by atoms with Gasteiger partial charge in [0, 0.05) is 6.54 Å². The topological polar surface area (TPSA) is 72.9 Å². The van der Waals surface area contributed by atoms with Crippen LogP contribution in [0.2, 0.25) is 0 Å². The molecule has 1 fully saturated rings. The summed E-state index contributed by atoms with van der Waals surface area (Å²) in [5, 5.41) is 12.9. The van der Waals surface area contributed by atoms with E-state index in [0.29, 0.717) is 19.5 Å². The summed E-state index contributed by atoms with van der Waals surface area (Å²) in [6.07, 6.45) is 23.9. The van der Waals surface area contributed by atoms with Gasteiger partial charge in [-0.2, -0.15) is 0 Å². The van der Waals surface area contributed by atoms with Gasteiger partial charge in [-0.1, -0.05) is 103 Å². The van der Waals surface area contributed by atoms with E-state index in [1.54, 1.807) is 0 Å². The van der Waals surface area contributed by atoms with E-state index < -0.39 is 5.97 Å². The Labute approximate surface area is 229 Å². The first-order valence-electron chi connectivity index (χ1n) is 15.8. The molecule has 6 nitrogen and oxygen atoms in total. The number of carboxylic acids is 1. The van der Waals surface area contributed by atoms with Gasteiger partial charge in [-0.25, -0.2) is 0 Å². The molecule has 1 saturated heterocycles. The van der Waals surface area contributed by atoms with Crippen molar-refractivity contribution in [2.75, 3.05) is 40.3 Å². The molecule has 0 saturated carbocycles. The lowest BCUT2D eigenvalue weighted by atomic mass is 9.95. The quantitative estimate of drug-likeness (QED) is 0.135. The molecule has 1 heterocycles. The third kappa shape index (κ3) is 17.9. The first-order valence-corrected chi connectivity index (χ1v) is 15.8. The van der Waals surface area contributed by atoms with Crippen LogP contribution in [0.4, 0.5) is 0 Å². The molecule has 1 rings (SSSR count). The maximum atomic E-state index is 12.8. The van der Waals surface area contributed by atoms with E-state index in [1.165, 1.54) is 77.0 Å². The molecular formula is C31H61N3O3. The number of carbonyl (C=O) groups excluding carboxylic acids is 1. The number of piperidine rings is 1. The van der Waals surface area contributed by atoms with E-state index in [2.05, 4.69) is 22.0 Å². The maximum Gasteiger partial charge on any atom is 0.306 e. The molecule has 0 bridgehead atoms. The normalized spacial score (nSPS) is 17.2. The zero-order chi connectivity index (χ0) is 27.1. The smallest absolute Gasteiger partial charge is 0.306 e. The Morgan fingerprint density at radius 3 is 1.95 bits per heavy atom. The summed E-state index contributed by atoms with van der Waals surface area (Å²) in [6.45, 7) is 5.56. The number of unbranched alkanes of at least 4 members (excludes halogenated alkanes) is 13. The number of hydrogen-bond acceptors (Lipinski definition) is 4. The molecule has 0 aliphatic carbocycles. The number of nitrogens with zero attached hydrogens (tertiary/aromatic N) is 2. The van der Waals surface area contributed by atoms with Gasteiger partial charge < -0.3 is 15.3 Å². The minimum atomic E-state index is -0.670.